The molecule has 0 bridgehead atoms. The molecule has 1 heterocycles. The summed E-state index contributed by atoms with van der Waals surface area (Å²) < 4.78 is 0.772. The number of benzene rings is 1. The molecule has 0 spiro atoms. The fraction of sp³-hybridized carbons (Fsp3) is 0.385. The first-order chi connectivity index (χ1) is 8.97. The third kappa shape index (κ3) is 3.48. The topological polar surface area (TPSA) is 53.5 Å². The Morgan fingerprint density at radius 2 is 2.21 bits per heavy atom. The Labute approximate surface area is 125 Å². The van der Waals surface area contributed by atoms with E-state index in [-0.39, 0.29) is 5.91 Å². The van der Waals surface area contributed by atoms with Crippen LogP contribution in [0.2, 0.25) is 5.02 Å². The van der Waals surface area contributed by atoms with E-state index in [0.29, 0.717) is 23.4 Å². The van der Waals surface area contributed by atoms with Gasteiger partial charge in [-0.1, -0.05) is 31.5 Å². The van der Waals surface area contributed by atoms with E-state index in [1.807, 2.05) is 12.1 Å². The van der Waals surface area contributed by atoms with Crippen molar-refractivity contribution in [2.75, 3.05) is 6.54 Å². The molecule has 2 rings (SSSR count). The van der Waals surface area contributed by atoms with Gasteiger partial charge in [0.15, 0.2) is 5.96 Å². The molecule has 1 aliphatic rings. The van der Waals surface area contributed by atoms with Crippen LogP contribution in [0.25, 0.3) is 0 Å². The second-order valence-electron chi connectivity index (χ2n) is 4.82. The highest BCUT2D eigenvalue weighted by molar-refractivity contribution is 9.10. The van der Waals surface area contributed by atoms with Crippen LogP contribution in [-0.2, 0) is 4.79 Å². The van der Waals surface area contributed by atoms with Gasteiger partial charge in [0.2, 0.25) is 0 Å². The van der Waals surface area contributed by atoms with Crippen molar-refractivity contribution >= 4 is 39.4 Å². The summed E-state index contributed by atoms with van der Waals surface area (Å²) in [5.74, 6) is 0.890. The van der Waals surface area contributed by atoms with Crippen molar-refractivity contribution in [1.29, 1.82) is 0 Å². The second kappa shape index (κ2) is 5.92. The number of nitrogens with one attached hydrogen (secondary N) is 2. The number of guanidine groups is 1. The highest BCUT2D eigenvalue weighted by Gasteiger charge is 2.29. The summed E-state index contributed by atoms with van der Waals surface area (Å²) >= 11 is 9.30. The largest absolute Gasteiger partial charge is 0.340 e. The van der Waals surface area contributed by atoms with E-state index in [9.17, 15) is 4.79 Å². The van der Waals surface area contributed by atoms with Gasteiger partial charge in [-0.2, -0.15) is 0 Å². The first-order valence-electron chi connectivity index (χ1n) is 6.04. The molecule has 1 aromatic carbocycles. The molecule has 1 atom stereocenters. The van der Waals surface area contributed by atoms with Gasteiger partial charge in [-0.25, -0.2) is 0 Å². The summed E-state index contributed by atoms with van der Waals surface area (Å²) in [6.07, 6.45) is 0. The third-order valence-electron chi connectivity index (χ3n) is 2.68. The molecule has 1 amide bonds. The molecule has 102 valence electrons. The van der Waals surface area contributed by atoms with Crippen molar-refractivity contribution in [3.8, 4) is 0 Å². The van der Waals surface area contributed by atoms with Crippen LogP contribution in [0.4, 0.5) is 0 Å². The molecule has 1 aliphatic heterocycles. The second-order valence-corrected chi connectivity index (χ2v) is 6.08. The number of carbonyl (C=O) groups is 1. The molecule has 6 heteroatoms. The normalized spacial score (nSPS) is 20.8. The van der Waals surface area contributed by atoms with Gasteiger partial charge in [-0.3, -0.25) is 15.1 Å². The van der Waals surface area contributed by atoms with Crippen molar-refractivity contribution in [1.82, 2.24) is 10.6 Å². The van der Waals surface area contributed by atoms with Gasteiger partial charge < -0.3 is 5.32 Å². The smallest absolute Gasteiger partial charge is 0.253 e. The average Bonchev–Trinajstić information content (AvgIpc) is 2.72. The zero-order valence-electron chi connectivity index (χ0n) is 10.7. The minimum atomic E-state index is -0.417. The van der Waals surface area contributed by atoms with Gasteiger partial charge in [0.25, 0.3) is 5.91 Å². The summed E-state index contributed by atoms with van der Waals surface area (Å²) in [5, 5.41) is 6.45. The molecule has 4 nitrogen and oxygen atoms in total. The van der Waals surface area contributed by atoms with E-state index in [0.717, 1.165) is 10.0 Å². The quantitative estimate of drug-likeness (QED) is 0.886. The van der Waals surface area contributed by atoms with Crippen LogP contribution >= 0.6 is 27.5 Å². The van der Waals surface area contributed by atoms with E-state index < -0.39 is 6.04 Å². The van der Waals surface area contributed by atoms with Crippen molar-refractivity contribution in [3.63, 3.8) is 0 Å². The van der Waals surface area contributed by atoms with Crippen molar-refractivity contribution in [2.45, 2.75) is 19.9 Å². The van der Waals surface area contributed by atoms with Gasteiger partial charge in [-0.05, 0) is 39.5 Å². The number of nitrogens with zero attached hydrogens (tertiary/aromatic N) is 1. The predicted octanol–water partition coefficient (Wildman–Crippen LogP) is 2.88. The minimum Gasteiger partial charge on any atom is -0.340 e. The Morgan fingerprint density at radius 3 is 2.84 bits per heavy atom. The molecular formula is C13H15BrClN3O. The molecule has 1 fully saturated rings. The number of hydrogen-bond donors (Lipinski definition) is 2. The van der Waals surface area contributed by atoms with Crippen LogP contribution in [0, 0.1) is 5.92 Å². The fourth-order valence-electron chi connectivity index (χ4n) is 1.71. The summed E-state index contributed by atoms with van der Waals surface area (Å²) in [7, 11) is 0. The van der Waals surface area contributed by atoms with Gasteiger partial charge in [0.1, 0.15) is 6.04 Å². The summed E-state index contributed by atoms with van der Waals surface area (Å²) in [4.78, 5) is 16.2. The fourth-order valence-corrected chi connectivity index (χ4v) is 2.23. The summed E-state index contributed by atoms with van der Waals surface area (Å²) in [6.45, 7) is 4.84. The maximum atomic E-state index is 11.9. The van der Waals surface area contributed by atoms with E-state index in [2.05, 4.69) is 45.4 Å². The van der Waals surface area contributed by atoms with Gasteiger partial charge in [0, 0.05) is 11.0 Å². The highest BCUT2D eigenvalue weighted by Crippen LogP contribution is 2.27. The molecule has 0 radical (unpaired) electrons. The number of carbonyl (C=O) groups excluding carboxylic acids is 1. The Morgan fingerprint density at radius 1 is 1.47 bits per heavy atom. The molecule has 0 aliphatic carbocycles. The highest BCUT2D eigenvalue weighted by atomic mass is 79.9. The Bertz CT molecular complexity index is 531. The van der Waals surface area contributed by atoms with E-state index in [4.69, 9.17) is 11.6 Å². The Hall–Kier alpha value is -1.07. The standard InChI is InChI=1S/C13H15BrClN3O/c1-7(2)6-16-13-17-11(12(19)18-13)8-3-4-10(15)9(14)5-8/h3-5,7,11H,6H2,1-2H3,(H2,16,17,18,19). The Kier molecular flexibility index (Phi) is 4.47. The summed E-state index contributed by atoms with van der Waals surface area (Å²) in [6, 6.07) is 5.01. The number of aliphatic imine (C=N–C) groups is 1. The zero-order chi connectivity index (χ0) is 14.0. The van der Waals surface area contributed by atoms with Crippen LogP contribution in [0.5, 0.6) is 0 Å². The molecule has 0 aromatic heterocycles. The van der Waals surface area contributed by atoms with Crippen LogP contribution in [-0.4, -0.2) is 18.4 Å². The first kappa shape index (κ1) is 14.3. The number of halogens is 2. The minimum absolute atomic E-state index is 0.100. The maximum absolute atomic E-state index is 11.9. The molecule has 0 saturated carbocycles. The lowest BCUT2D eigenvalue weighted by atomic mass is 10.1. The van der Waals surface area contributed by atoms with Gasteiger partial charge in [0.05, 0.1) is 5.02 Å². The lowest BCUT2D eigenvalue weighted by Crippen LogP contribution is -2.26. The van der Waals surface area contributed by atoms with Gasteiger partial charge >= 0.3 is 0 Å². The first-order valence-corrected chi connectivity index (χ1v) is 7.21. The lowest BCUT2D eigenvalue weighted by Gasteiger charge is -2.09. The van der Waals surface area contributed by atoms with Crippen LogP contribution in [0.15, 0.2) is 27.7 Å². The predicted molar refractivity (Wildman–Crippen MR) is 80.3 cm³/mol. The number of rotatable bonds is 3. The van der Waals surface area contributed by atoms with E-state index >= 15 is 0 Å². The van der Waals surface area contributed by atoms with Crippen LogP contribution < -0.4 is 10.6 Å². The van der Waals surface area contributed by atoms with E-state index in [1.54, 1.807) is 6.07 Å². The summed E-state index contributed by atoms with van der Waals surface area (Å²) in [5.41, 5.74) is 0.850. The van der Waals surface area contributed by atoms with Crippen LogP contribution in [0.1, 0.15) is 25.5 Å². The SMILES string of the molecule is CC(C)CN=C1NC(=O)C(c2ccc(Cl)c(Br)c2)N1. The zero-order valence-corrected chi connectivity index (χ0v) is 13.0. The van der Waals surface area contributed by atoms with Gasteiger partial charge in [-0.15, -0.1) is 0 Å². The van der Waals surface area contributed by atoms with Crippen molar-refractivity contribution in [3.05, 3.63) is 33.3 Å². The van der Waals surface area contributed by atoms with E-state index in [1.165, 1.54) is 0 Å². The number of hydrogen-bond acceptors (Lipinski definition) is 2. The van der Waals surface area contributed by atoms with Crippen molar-refractivity contribution in [2.24, 2.45) is 10.9 Å². The molecule has 1 aromatic rings. The Balaban J connectivity index is 2.15. The van der Waals surface area contributed by atoms with Crippen molar-refractivity contribution < 1.29 is 4.79 Å². The molecular weight excluding hydrogens is 330 g/mol. The average molecular weight is 345 g/mol. The molecule has 2 N–H and O–H groups in total. The number of amides is 1. The molecule has 19 heavy (non-hydrogen) atoms. The third-order valence-corrected chi connectivity index (χ3v) is 3.89. The monoisotopic (exact) mass is 343 g/mol. The maximum Gasteiger partial charge on any atom is 0.253 e. The lowest BCUT2D eigenvalue weighted by molar-refractivity contribution is -0.120. The molecule has 1 saturated heterocycles. The molecule has 1 unspecified atom stereocenters. The van der Waals surface area contributed by atoms with Crippen LogP contribution in [0.3, 0.4) is 0 Å².